The first-order chi connectivity index (χ1) is 17.9. The van der Waals surface area contributed by atoms with Crippen LogP contribution in [0.1, 0.15) is 104 Å². The predicted molar refractivity (Wildman–Crippen MR) is 162 cm³/mol. The summed E-state index contributed by atoms with van der Waals surface area (Å²) < 4.78 is 0. The van der Waals surface area contributed by atoms with Crippen molar-refractivity contribution in [2.75, 3.05) is 0 Å². The summed E-state index contributed by atoms with van der Waals surface area (Å²) in [5.74, 6) is 0. The molecule has 0 N–H and O–H groups in total. The summed E-state index contributed by atoms with van der Waals surface area (Å²) in [7, 11) is 0. The molecule has 1 aromatic heterocycles. The van der Waals surface area contributed by atoms with Crippen LogP contribution in [0.25, 0.3) is 0 Å². The smallest absolute Gasteiger partial charge is 1.00 e. The van der Waals surface area contributed by atoms with Gasteiger partial charge in [0.1, 0.15) is 0 Å². The number of aliphatic imine (C=N–C) groups is 2. The minimum Gasteiger partial charge on any atom is -1.00 e. The summed E-state index contributed by atoms with van der Waals surface area (Å²) in [4.78, 5) is 14.9. The Morgan fingerprint density at radius 3 is 1.05 bits per heavy atom. The molecule has 2 aromatic carbocycles. The predicted octanol–water partition coefficient (Wildman–Crippen LogP) is 0.328. The largest absolute Gasteiger partial charge is 3.00 e. The van der Waals surface area contributed by atoms with Crippen molar-refractivity contribution in [2.24, 2.45) is 9.98 Å². The molecule has 0 amide bonds. The molecule has 3 nitrogen and oxygen atoms in total. The summed E-state index contributed by atoms with van der Waals surface area (Å²) in [5.41, 5.74) is 13.1. The van der Waals surface area contributed by atoms with E-state index in [2.05, 4.69) is 84.9 Å². The van der Waals surface area contributed by atoms with Gasteiger partial charge in [0.2, 0.25) is 0 Å². The van der Waals surface area contributed by atoms with Crippen molar-refractivity contribution in [3.63, 3.8) is 0 Å². The Labute approximate surface area is 278 Å². The quantitative estimate of drug-likeness (QED) is 0.258. The van der Waals surface area contributed by atoms with E-state index in [0.29, 0.717) is 0 Å². The molecule has 3 rings (SSSR count). The summed E-state index contributed by atoms with van der Waals surface area (Å²) in [6.45, 7) is 15.4. The molecule has 41 heavy (non-hydrogen) atoms. The van der Waals surface area contributed by atoms with Crippen molar-refractivity contribution in [1.29, 1.82) is 0 Å². The second kappa shape index (κ2) is 21.1. The molecular formula is C34H45Cl3CoN3. The van der Waals surface area contributed by atoms with Crippen molar-refractivity contribution < 1.29 is 54.0 Å². The van der Waals surface area contributed by atoms with Crippen LogP contribution in [0.15, 0.2) is 46.4 Å². The van der Waals surface area contributed by atoms with Gasteiger partial charge in [-0.2, -0.15) is 0 Å². The van der Waals surface area contributed by atoms with Crippen molar-refractivity contribution >= 4 is 23.8 Å². The Morgan fingerprint density at radius 2 is 0.780 bits per heavy atom. The van der Waals surface area contributed by atoms with E-state index in [0.717, 1.165) is 79.7 Å². The van der Waals surface area contributed by atoms with Gasteiger partial charge in [-0.05, 0) is 86.4 Å². The van der Waals surface area contributed by atoms with Crippen LogP contribution in [0.5, 0.6) is 0 Å². The maximum absolute atomic E-state index is 5.01. The molecule has 0 aliphatic rings. The van der Waals surface area contributed by atoms with E-state index in [1.165, 1.54) is 33.4 Å². The molecule has 0 spiro atoms. The number of hydrogen-bond donors (Lipinski definition) is 0. The van der Waals surface area contributed by atoms with Gasteiger partial charge in [-0.3, -0.25) is 9.98 Å². The molecule has 1 heterocycles. The van der Waals surface area contributed by atoms with Gasteiger partial charge in [0.05, 0.1) is 35.2 Å². The Bertz CT molecular complexity index is 1120. The fourth-order valence-electron chi connectivity index (χ4n) is 5.16. The SMILES string of the molecule is CCCc1cc(C)cc(CCC)c1N=Cc1cc(C)cc(C=Nc2c(CCC)cc(C)cc2CCC)n1.[Cl-].[Cl-].[Cl-].[Co+3]. The number of nitrogens with zero attached hydrogens (tertiary/aromatic N) is 3. The Morgan fingerprint density at radius 1 is 0.512 bits per heavy atom. The van der Waals surface area contributed by atoms with Crippen LogP contribution in [0, 0.1) is 20.8 Å². The molecule has 0 aliphatic carbocycles. The fraction of sp³-hybridized carbons (Fsp3) is 0.441. The number of hydrogen-bond acceptors (Lipinski definition) is 3. The second-order valence-electron chi connectivity index (χ2n) is 10.4. The Hall–Kier alpha value is -1.69. The average Bonchev–Trinajstić information content (AvgIpc) is 2.83. The zero-order chi connectivity index (χ0) is 26.8. The number of halogens is 3. The van der Waals surface area contributed by atoms with Crippen molar-refractivity contribution in [3.05, 3.63) is 86.7 Å². The molecule has 7 heteroatoms. The van der Waals surface area contributed by atoms with Crippen LogP contribution >= 0.6 is 0 Å². The molecule has 3 aromatic rings. The van der Waals surface area contributed by atoms with E-state index in [4.69, 9.17) is 15.0 Å². The summed E-state index contributed by atoms with van der Waals surface area (Å²) >= 11 is 0. The zero-order valence-corrected chi connectivity index (χ0v) is 28.9. The minimum atomic E-state index is 0. The fourth-order valence-corrected chi connectivity index (χ4v) is 5.16. The third-order valence-electron chi connectivity index (χ3n) is 6.56. The van der Waals surface area contributed by atoms with Gasteiger partial charge >= 0.3 is 16.8 Å². The third kappa shape index (κ3) is 12.2. The van der Waals surface area contributed by atoms with Crippen LogP contribution < -0.4 is 37.2 Å². The van der Waals surface area contributed by atoms with Gasteiger partial charge < -0.3 is 37.2 Å². The first-order valence-corrected chi connectivity index (χ1v) is 14.2. The molecule has 0 saturated heterocycles. The number of pyridine rings is 1. The average molecular weight is 661 g/mol. The first kappa shape index (κ1) is 41.4. The van der Waals surface area contributed by atoms with E-state index in [1.807, 2.05) is 12.4 Å². The van der Waals surface area contributed by atoms with Gasteiger partial charge in [-0.15, -0.1) is 0 Å². The molecule has 0 aliphatic heterocycles. The van der Waals surface area contributed by atoms with Crippen LogP contribution in [0.4, 0.5) is 11.4 Å². The monoisotopic (exact) mass is 659 g/mol. The number of rotatable bonds is 12. The topological polar surface area (TPSA) is 37.6 Å². The standard InChI is InChI=1S/C34H45N3.3ClH.Co/c1-8-12-27-16-24(5)17-28(13-9-2)33(27)35-22-31-20-26(7)21-32(37-31)23-36-34-29(14-10-3)18-25(6)19-30(34)15-11-4;;;;/h16-23H,8-15H2,1-7H3;3*1H;/q;;;;+3/p-3. The van der Waals surface area contributed by atoms with Crippen LogP contribution in [-0.2, 0) is 42.5 Å². The van der Waals surface area contributed by atoms with Crippen LogP contribution in [0.2, 0.25) is 0 Å². The van der Waals surface area contributed by atoms with E-state index in [-0.39, 0.29) is 54.0 Å². The van der Waals surface area contributed by atoms with E-state index >= 15 is 0 Å². The maximum atomic E-state index is 5.01. The molecule has 0 atom stereocenters. The number of benzene rings is 2. The van der Waals surface area contributed by atoms with E-state index in [9.17, 15) is 0 Å². The molecule has 0 radical (unpaired) electrons. The molecule has 0 fully saturated rings. The van der Waals surface area contributed by atoms with Crippen molar-refractivity contribution in [1.82, 2.24) is 4.98 Å². The Kier molecular flexibility index (Phi) is 21.3. The van der Waals surface area contributed by atoms with Gasteiger partial charge in [-0.1, -0.05) is 88.8 Å². The summed E-state index contributed by atoms with van der Waals surface area (Å²) in [6.07, 6.45) is 12.5. The minimum absolute atomic E-state index is 0. The van der Waals surface area contributed by atoms with Crippen molar-refractivity contribution in [2.45, 2.75) is 99.8 Å². The second-order valence-corrected chi connectivity index (χ2v) is 10.4. The van der Waals surface area contributed by atoms with Crippen LogP contribution in [-0.4, -0.2) is 17.4 Å². The van der Waals surface area contributed by atoms with Gasteiger partial charge in [0.15, 0.2) is 0 Å². The van der Waals surface area contributed by atoms with Gasteiger partial charge in [0.25, 0.3) is 0 Å². The number of aromatic nitrogens is 1. The molecule has 0 saturated carbocycles. The summed E-state index contributed by atoms with van der Waals surface area (Å²) in [6, 6.07) is 13.4. The van der Waals surface area contributed by atoms with Crippen LogP contribution in [0.3, 0.4) is 0 Å². The van der Waals surface area contributed by atoms with E-state index in [1.54, 1.807) is 0 Å². The Balaban J connectivity index is 0. The normalized spacial score (nSPS) is 10.6. The molecule has 0 unspecified atom stereocenters. The molecule has 226 valence electrons. The molecule has 0 bridgehead atoms. The van der Waals surface area contributed by atoms with Crippen molar-refractivity contribution in [3.8, 4) is 0 Å². The summed E-state index contributed by atoms with van der Waals surface area (Å²) in [5, 5.41) is 0. The molecular weight excluding hydrogens is 616 g/mol. The first-order valence-electron chi connectivity index (χ1n) is 14.2. The van der Waals surface area contributed by atoms with Gasteiger partial charge in [0, 0.05) is 0 Å². The zero-order valence-electron chi connectivity index (χ0n) is 25.6. The maximum Gasteiger partial charge on any atom is 3.00 e. The van der Waals surface area contributed by atoms with E-state index < -0.39 is 0 Å². The number of aryl methyl sites for hydroxylation is 7. The third-order valence-corrected chi connectivity index (χ3v) is 6.56. The van der Waals surface area contributed by atoms with Gasteiger partial charge in [-0.25, -0.2) is 4.98 Å².